The van der Waals surface area contributed by atoms with E-state index in [-0.39, 0.29) is 23.1 Å². The van der Waals surface area contributed by atoms with Crippen LogP contribution in [0, 0.1) is 5.92 Å². The second-order valence-electron chi connectivity index (χ2n) is 4.56. The van der Waals surface area contributed by atoms with Crippen LogP contribution in [0.5, 0.6) is 0 Å². The minimum atomic E-state index is -0.882. The number of aliphatic carboxylic acids is 1. The van der Waals surface area contributed by atoms with E-state index in [9.17, 15) is 9.59 Å². The highest BCUT2D eigenvalue weighted by Gasteiger charge is 2.31. The molecule has 0 bridgehead atoms. The molecule has 0 spiro atoms. The Morgan fingerprint density at radius 1 is 1.44 bits per heavy atom. The maximum atomic E-state index is 11.9. The SMILES string of the molecule is CC1Cc2cc(CCC(=O)O)c(Cl)c(Cl)c2C1=O. The first-order chi connectivity index (χ1) is 8.41. The summed E-state index contributed by atoms with van der Waals surface area (Å²) in [6.07, 6.45) is 0.965. The number of fused-ring (bicyclic) bond motifs is 1. The second kappa shape index (κ2) is 4.90. The number of carbonyl (C=O) groups excluding carboxylic acids is 1. The van der Waals surface area contributed by atoms with E-state index in [2.05, 4.69) is 0 Å². The molecule has 1 aliphatic carbocycles. The first-order valence-corrected chi connectivity index (χ1v) is 6.43. The van der Waals surface area contributed by atoms with Gasteiger partial charge in [0.05, 0.1) is 10.0 Å². The summed E-state index contributed by atoms with van der Waals surface area (Å²) in [5.74, 6) is -0.947. The fraction of sp³-hybridized carbons (Fsp3) is 0.385. The summed E-state index contributed by atoms with van der Waals surface area (Å²) in [5.41, 5.74) is 2.08. The van der Waals surface area contributed by atoms with Gasteiger partial charge in [-0.15, -0.1) is 0 Å². The molecule has 0 amide bonds. The van der Waals surface area contributed by atoms with Crippen molar-refractivity contribution in [3.05, 3.63) is 32.8 Å². The van der Waals surface area contributed by atoms with E-state index in [0.717, 1.165) is 5.56 Å². The van der Waals surface area contributed by atoms with E-state index in [0.29, 0.717) is 29.0 Å². The van der Waals surface area contributed by atoms with E-state index in [1.54, 1.807) is 0 Å². The van der Waals surface area contributed by atoms with E-state index in [1.807, 2.05) is 13.0 Å². The summed E-state index contributed by atoms with van der Waals surface area (Å²) in [6.45, 7) is 1.85. The number of carbonyl (C=O) groups is 2. The topological polar surface area (TPSA) is 54.4 Å². The molecule has 1 aromatic rings. The van der Waals surface area contributed by atoms with Gasteiger partial charge >= 0.3 is 5.97 Å². The largest absolute Gasteiger partial charge is 0.481 e. The highest BCUT2D eigenvalue weighted by Crippen LogP contribution is 2.39. The summed E-state index contributed by atoms with van der Waals surface area (Å²) in [5, 5.41) is 9.25. The molecule has 0 heterocycles. The zero-order valence-electron chi connectivity index (χ0n) is 9.80. The first kappa shape index (κ1) is 13.4. The molecule has 3 nitrogen and oxygen atoms in total. The molecule has 0 fully saturated rings. The minimum Gasteiger partial charge on any atom is -0.481 e. The van der Waals surface area contributed by atoms with Crippen LogP contribution in [0.1, 0.15) is 34.8 Å². The number of carboxylic acids is 1. The Hall–Kier alpha value is -1.06. The van der Waals surface area contributed by atoms with E-state index in [1.165, 1.54) is 0 Å². The predicted octanol–water partition coefficient (Wildman–Crippen LogP) is 3.39. The summed E-state index contributed by atoms with van der Waals surface area (Å²) >= 11 is 12.2. The second-order valence-corrected chi connectivity index (χ2v) is 5.32. The Kier molecular flexibility index (Phi) is 3.64. The molecule has 0 radical (unpaired) electrons. The van der Waals surface area contributed by atoms with E-state index >= 15 is 0 Å². The fourth-order valence-corrected chi connectivity index (χ4v) is 2.84. The van der Waals surface area contributed by atoms with Gasteiger partial charge in [-0.2, -0.15) is 0 Å². The lowest BCUT2D eigenvalue weighted by molar-refractivity contribution is -0.136. The van der Waals surface area contributed by atoms with Gasteiger partial charge < -0.3 is 5.11 Å². The van der Waals surface area contributed by atoms with Crippen LogP contribution in [-0.2, 0) is 17.6 Å². The lowest BCUT2D eigenvalue weighted by Crippen LogP contribution is -2.04. The molecule has 2 rings (SSSR count). The number of ketones is 1. The minimum absolute atomic E-state index is 0.00165. The summed E-state index contributed by atoms with van der Waals surface area (Å²) in [4.78, 5) is 22.5. The molecule has 96 valence electrons. The van der Waals surface area contributed by atoms with Crippen molar-refractivity contribution in [3.8, 4) is 0 Å². The number of halogens is 2. The standard InChI is InChI=1S/C13H12Cl2O3/c1-6-4-8-5-7(2-3-9(16)17)11(14)12(15)10(8)13(6)18/h5-6H,2-4H2,1H3,(H,16,17). The quantitative estimate of drug-likeness (QED) is 0.927. The van der Waals surface area contributed by atoms with Crippen LogP contribution in [0.25, 0.3) is 0 Å². The monoisotopic (exact) mass is 286 g/mol. The number of benzene rings is 1. The molecular weight excluding hydrogens is 275 g/mol. The van der Waals surface area contributed by atoms with Gasteiger partial charge in [-0.25, -0.2) is 0 Å². The van der Waals surface area contributed by atoms with Crippen LogP contribution in [0.15, 0.2) is 6.07 Å². The van der Waals surface area contributed by atoms with Crippen molar-refractivity contribution in [2.75, 3.05) is 0 Å². The summed E-state index contributed by atoms with van der Waals surface area (Å²) in [7, 11) is 0. The maximum absolute atomic E-state index is 11.9. The van der Waals surface area contributed by atoms with Gasteiger partial charge in [0.15, 0.2) is 5.78 Å². The van der Waals surface area contributed by atoms with Crippen molar-refractivity contribution >= 4 is 35.0 Å². The third-order valence-corrected chi connectivity index (χ3v) is 4.10. The first-order valence-electron chi connectivity index (χ1n) is 5.67. The van der Waals surface area contributed by atoms with Crippen LogP contribution in [0.2, 0.25) is 10.0 Å². The van der Waals surface area contributed by atoms with Gasteiger partial charge in [-0.1, -0.05) is 36.2 Å². The molecule has 1 atom stereocenters. The van der Waals surface area contributed by atoms with Crippen LogP contribution in [0.4, 0.5) is 0 Å². The Labute approximate surface area is 115 Å². The lowest BCUT2D eigenvalue weighted by Gasteiger charge is -2.09. The number of aryl methyl sites for hydroxylation is 1. The predicted molar refractivity (Wildman–Crippen MR) is 69.6 cm³/mol. The molecule has 0 saturated carbocycles. The smallest absolute Gasteiger partial charge is 0.303 e. The van der Waals surface area contributed by atoms with Crippen LogP contribution in [0.3, 0.4) is 0 Å². The zero-order valence-corrected chi connectivity index (χ0v) is 11.3. The zero-order chi connectivity index (χ0) is 13.4. The summed E-state index contributed by atoms with van der Waals surface area (Å²) < 4.78 is 0. The van der Waals surface area contributed by atoms with Crippen molar-refractivity contribution in [3.63, 3.8) is 0 Å². The molecule has 5 heteroatoms. The van der Waals surface area contributed by atoms with Gasteiger partial charge in [0.25, 0.3) is 0 Å². The van der Waals surface area contributed by atoms with Crippen LogP contribution in [-0.4, -0.2) is 16.9 Å². The van der Waals surface area contributed by atoms with Gasteiger partial charge in [-0.3, -0.25) is 9.59 Å². The van der Waals surface area contributed by atoms with E-state index < -0.39 is 5.97 Å². The van der Waals surface area contributed by atoms with Crippen LogP contribution >= 0.6 is 23.2 Å². The number of carboxylic acid groups (broad SMARTS) is 1. The fourth-order valence-electron chi connectivity index (χ4n) is 2.26. The maximum Gasteiger partial charge on any atom is 0.303 e. The molecule has 1 aliphatic rings. The van der Waals surface area contributed by atoms with Crippen molar-refractivity contribution in [2.45, 2.75) is 26.2 Å². The number of hydrogen-bond donors (Lipinski definition) is 1. The number of Topliss-reactive ketones (excluding diaryl/α,β-unsaturated/α-hetero) is 1. The van der Waals surface area contributed by atoms with Gasteiger partial charge in [-0.05, 0) is 24.0 Å². The average Bonchev–Trinajstić information content (AvgIpc) is 2.58. The Morgan fingerprint density at radius 2 is 2.11 bits per heavy atom. The normalized spacial score (nSPS) is 17.9. The summed E-state index contributed by atoms with van der Waals surface area (Å²) in [6, 6.07) is 1.81. The van der Waals surface area contributed by atoms with Crippen molar-refractivity contribution in [2.24, 2.45) is 5.92 Å². The van der Waals surface area contributed by atoms with Crippen molar-refractivity contribution in [1.29, 1.82) is 0 Å². The van der Waals surface area contributed by atoms with E-state index in [4.69, 9.17) is 28.3 Å². The highest BCUT2D eigenvalue weighted by atomic mass is 35.5. The third-order valence-electron chi connectivity index (χ3n) is 3.19. The van der Waals surface area contributed by atoms with Gasteiger partial charge in [0.2, 0.25) is 0 Å². The molecular formula is C13H12Cl2O3. The molecule has 18 heavy (non-hydrogen) atoms. The Balaban J connectivity index is 2.42. The average molecular weight is 287 g/mol. The van der Waals surface area contributed by atoms with Crippen molar-refractivity contribution < 1.29 is 14.7 Å². The van der Waals surface area contributed by atoms with Gasteiger partial charge in [0.1, 0.15) is 0 Å². The molecule has 1 unspecified atom stereocenters. The molecule has 0 aromatic heterocycles. The Morgan fingerprint density at radius 3 is 2.72 bits per heavy atom. The lowest BCUT2D eigenvalue weighted by atomic mass is 10.0. The van der Waals surface area contributed by atoms with Gasteiger partial charge in [0, 0.05) is 17.9 Å². The number of rotatable bonds is 3. The highest BCUT2D eigenvalue weighted by molar-refractivity contribution is 6.44. The number of hydrogen-bond acceptors (Lipinski definition) is 2. The Bertz CT molecular complexity index is 538. The third kappa shape index (κ3) is 2.25. The van der Waals surface area contributed by atoms with Crippen molar-refractivity contribution in [1.82, 2.24) is 0 Å². The molecule has 0 aliphatic heterocycles. The molecule has 1 N–H and O–H groups in total. The molecule has 0 saturated heterocycles. The molecule has 1 aromatic carbocycles. The van der Waals surface area contributed by atoms with Crippen LogP contribution < -0.4 is 0 Å².